The van der Waals surface area contributed by atoms with Gasteiger partial charge in [-0.05, 0) is 29.8 Å². The summed E-state index contributed by atoms with van der Waals surface area (Å²) in [6.07, 6.45) is 0. The highest BCUT2D eigenvalue weighted by Crippen LogP contribution is 2.25. The average Bonchev–Trinajstić information content (AvgIpc) is 2.38. The van der Waals surface area contributed by atoms with Crippen LogP contribution in [-0.2, 0) is 5.75 Å². The van der Waals surface area contributed by atoms with Gasteiger partial charge in [-0.25, -0.2) is 0 Å². The zero-order valence-electron chi connectivity index (χ0n) is 9.43. The Labute approximate surface area is 115 Å². The van der Waals surface area contributed by atoms with Crippen molar-refractivity contribution in [2.45, 2.75) is 10.6 Å². The van der Waals surface area contributed by atoms with Crippen molar-refractivity contribution < 1.29 is 9.90 Å². The fraction of sp³-hybridized carbons (Fsp3) is 0.0714. The first kappa shape index (κ1) is 13.0. The van der Waals surface area contributed by atoms with Gasteiger partial charge in [-0.1, -0.05) is 35.9 Å². The molecule has 2 aromatic carbocycles. The first-order valence-electron chi connectivity index (χ1n) is 5.34. The average molecular weight is 278 g/mol. The van der Waals surface area contributed by atoms with Crippen LogP contribution in [0.15, 0.2) is 53.4 Å². The highest BCUT2D eigenvalue weighted by atomic mass is 35.5. The molecule has 0 aliphatic rings. The molecular weight excluding hydrogens is 268 g/mol. The second kappa shape index (κ2) is 5.94. The minimum atomic E-state index is -1.14. The molecule has 0 amide bonds. The molecule has 0 atom stereocenters. The van der Waals surface area contributed by atoms with Crippen LogP contribution in [0.2, 0.25) is 5.02 Å². The van der Waals surface area contributed by atoms with Crippen LogP contribution in [0.3, 0.4) is 0 Å². The molecule has 0 spiro atoms. The minimum absolute atomic E-state index is 0.249. The van der Waals surface area contributed by atoms with Crippen LogP contribution in [0.4, 0.5) is 0 Å². The Bertz CT molecular complexity index is 552. The lowest BCUT2D eigenvalue weighted by Crippen LogP contribution is -2.23. The van der Waals surface area contributed by atoms with E-state index in [1.165, 1.54) is 0 Å². The normalized spacial score (nSPS) is 10.3. The Morgan fingerprint density at radius 3 is 2.44 bits per heavy atom. The number of aromatic carboxylic acids is 1. The Morgan fingerprint density at radius 2 is 1.78 bits per heavy atom. The first-order chi connectivity index (χ1) is 8.66. The fourth-order valence-electron chi connectivity index (χ4n) is 1.54. The van der Waals surface area contributed by atoms with E-state index in [4.69, 9.17) is 11.6 Å². The van der Waals surface area contributed by atoms with Gasteiger partial charge in [0.15, 0.2) is 0 Å². The Balaban J connectivity index is 2.10. The third kappa shape index (κ3) is 3.28. The molecule has 0 aliphatic carbocycles. The number of carbonyl (C=O) groups excluding carboxylic acids is 1. The summed E-state index contributed by atoms with van der Waals surface area (Å²) in [5.74, 6) is -0.548. The molecule has 2 aromatic rings. The van der Waals surface area contributed by atoms with E-state index < -0.39 is 5.97 Å². The molecule has 92 valence electrons. The summed E-state index contributed by atoms with van der Waals surface area (Å²) < 4.78 is 0. The number of carboxylic acid groups (broad SMARTS) is 1. The highest BCUT2D eigenvalue weighted by molar-refractivity contribution is 7.98. The molecule has 0 saturated carbocycles. The predicted octanol–water partition coefficient (Wildman–Crippen LogP) is 3.00. The number of thioether (sulfide) groups is 1. The van der Waals surface area contributed by atoms with Crippen LogP contribution in [-0.4, -0.2) is 5.97 Å². The molecule has 4 heteroatoms. The van der Waals surface area contributed by atoms with Crippen LogP contribution in [0.5, 0.6) is 0 Å². The maximum absolute atomic E-state index is 10.9. The molecular formula is C14H10ClO2S-. The molecule has 0 unspecified atom stereocenters. The lowest BCUT2D eigenvalue weighted by Gasteiger charge is -2.09. The van der Waals surface area contributed by atoms with Gasteiger partial charge in [-0.3, -0.25) is 0 Å². The highest BCUT2D eigenvalue weighted by Gasteiger charge is 2.03. The maximum Gasteiger partial charge on any atom is 0.0718 e. The van der Waals surface area contributed by atoms with Crippen LogP contribution in [0.1, 0.15) is 15.9 Å². The number of hydrogen-bond acceptors (Lipinski definition) is 3. The molecule has 0 heterocycles. The van der Waals surface area contributed by atoms with Crippen molar-refractivity contribution in [2.75, 3.05) is 0 Å². The monoisotopic (exact) mass is 277 g/mol. The number of carboxylic acids is 1. The van der Waals surface area contributed by atoms with Gasteiger partial charge >= 0.3 is 0 Å². The molecule has 0 radical (unpaired) electrons. The van der Waals surface area contributed by atoms with E-state index >= 15 is 0 Å². The van der Waals surface area contributed by atoms with Crippen molar-refractivity contribution in [3.8, 4) is 0 Å². The molecule has 2 nitrogen and oxygen atoms in total. The quantitative estimate of drug-likeness (QED) is 0.807. The van der Waals surface area contributed by atoms with Gasteiger partial charge < -0.3 is 9.90 Å². The standard InChI is InChI=1S/C14H11ClO2S/c15-11-5-7-12(8-6-11)18-9-10-3-1-2-4-13(10)14(16)17/h1-8H,9H2,(H,16,17)/p-1. The molecule has 0 N–H and O–H groups in total. The van der Waals surface area contributed by atoms with Crippen LogP contribution in [0, 0.1) is 0 Å². The van der Waals surface area contributed by atoms with Crippen molar-refractivity contribution >= 4 is 29.3 Å². The van der Waals surface area contributed by atoms with Crippen molar-refractivity contribution in [1.82, 2.24) is 0 Å². The van der Waals surface area contributed by atoms with Crippen molar-refractivity contribution in [1.29, 1.82) is 0 Å². The third-order valence-corrected chi connectivity index (χ3v) is 3.76. The summed E-state index contributed by atoms with van der Waals surface area (Å²) in [5.41, 5.74) is 1.01. The SMILES string of the molecule is O=C([O-])c1ccccc1CSc1ccc(Cl)cc1. The molecule has 0 aliphatic heterocycles. The van der Waals surface area contributed by atoms with Gasteiger partial charge in [0.05, 0.1) is 5.97 Å². The molecule has 2 rings (SSSR count). The summed E-state index contributed by atoms with van der Waals surface area (Å²) in [5, 5.41) is 11.6. The molecule has 0 bridgehead atoms. The molecule has 0 aromatic heterocycles. The number of carbonyl (C=O) groups is 1. The van der Waals surface area contributed by atoms with E-state index in [1.54, 1.807) is 30.0 Å². The number of benzene rings is 2. The largest absolute Gasteiger partial charge is 0.545 e. The summed E-state index contributed by atoms with van der Waals surface area (Å²) in [7, 11) is 0. The summed E-state index contributed by atoms with van der Waals surface area (Å²) in [4.78, 5) is 12.0. The first-order valence-corrected chi connectivity index (χ1v) is 6.71. The van der Waals surface area contributed by atoms with E-state index in [0.717, 1.165) is 10.5 Å². The van der Waals surface area contributed by atoms with Gasteiger partial charge in [0.25, 0.3) is 0 Å². The van der Waals surface area contributed by atoms with E-state index in [9.17, 15) is 9.90 Å². The second-order valence-electron chi connectivity index (χ2n) is 3.69. The number of hydrogen-bond donors (Lipinski definition) is 0. The van der Waals surface area contributed by atoms with E-state index in [2.05, 4.69) is 0 Å². The zero-order valence-corrected chi connectivity index (χ0v) is 11.0. The van der Waals surface area contributed by atoms with Gasteiger partial charge in [0.1, 0.15) is 0 Å². The summed E-state index contributed by atoms with van der Waals surface area (Å²) >= 11 is 7.36. The zero-order chi connectivity index (χ0) is 13.0. The van der Waals surface area contributed by atoms with Crippen LogP contribution in [0.25, 0.3) is 0 Å². The van der Waals surface area contributed by atoms with E-state index in [1.807, 2.05) is 30.3 Å². The van der Waals surface area contributed by atoms with E-state index in [0.29, 0.717) is 10.8 Å². The smallest absolute Gasteiger partial charge is 0.0718 e. The van der Waals surface area contributed by atoms with Crippen LogP contribution >= 0.6 is 23.4 Å². The fourth-order valence-corrected chi connectivity index (χ4v) is 2.57. The van der Waals surface area contributed by atoms with Gasteiger partial charge in [0, 0.05) is 21.2 Å². The van der Waals surface area contributed by atoms with Crippen molar-refractivity contribution in [3.05, 3.63) is 64.7 Å². The van der Waals surface area contributed by atoms with E-state index in [-0.39, 0.29) is 5.56 Å². The molecule has 18 heavy (non-hydrogen) atoms. The number of rotatable bonds is 4. The Morgan fingerprint density at radius 1 is 1.11 bits per heavy atom. The Kier molecular flexibility index (Phi) is 4.28. The number of halogens is 1. The minimum Gasteiger partial charge on any atom is -0.545 e. The predicted molar refractivity (Wildman–Crippen MR) is 71.8 cm³/mol. The molecule has 0 fully saturated rings. The lowest BCUT2D eigenvalue weighted by atomic mass is 10.1. The lowest BCUT2D eigenvalue weighted by molar-refractivity contribution is -0.255. The topological polar surface area (TPSA) is 40.1 Å². The summed E-state index contributed by atoms with van der Waals surface area (Å²) in [6.45, 7) is 0. The molecule has 0 saturated heterocycles. The van der Waals surface area contributed by atoms with Crippen LogP contribution < -0.4 is 5.11 Å². The maximum atomic E-state index is 10.9. The van der Waals surface area contributed by atoms with Gasteiger partial charge in [0.2, 0.25) is 0 Å². The van der Waals surface area contributed by atoms with Crippen molar-refractivity contribution in [3.63, 3.8) is 0 Å². The van der Waals surface area contributed by atoms with Gasteiger partial charge in [-0.2, -0.15) is 0 Å². The third-order valence-electron chi connectivity index (χ3n) is 2.45. The van der Waals surface area contributed by atoms with Crippen molar-refractivity contribution in [2.24, 2.45) is 0 Å². The van der Waals surface area contributed by atoms with Gasteiger partial charge in [-0.15, -0.1) is 11.8 Å². The second-order valence-corrected chi connectivity index (χ2v) is 5.17. The summed E-state index contributed by atoms with van der Waals surface area (Å²) in [6, 6.07) is 14.3. The Hall–Kier alpha value is -1.45.